The van der Waals surface area contributed by atoms with Gasteiger partial charge in [0.2, 0.25) is 5.52 Å². The maximum atomic E-state index is 5.18. The topological polar surface area (TPSA) is 13.1 Å². The summed E-state index contributed by atoms with van der Waals surface area (Å²) in [6.45, 7) is 0. The van der Waals surface area contributed by atoms with Crippen LogP contribution in [0.15, 0.2) is 60.8 Å². The number of fused-ring (bicyclic) bond motifs is 1. The molecule has 0 aliphatic rings. The Labute approximate surface area is 137 Å². The van der Waals surface area contributed by atoms with Crippen LogP contribution in [0.4, 0.5) is 0 Å². The van der Waals surface area contributed by atoms with E-state index in [9.17, 15) is 0 Å². The van der Waals surface area contributed by atoms with Gasteiger partial charge in [0, 0.05) is 12.1 Å². The molecule has 0 aliphatic heterocycles. The Kier molecular flexibility index (Phi) is 5.18. The molecule has 0 saturated carbocycles. The third kappa shape index (κ3) is 3.29. The summed E-state index contributed by atoms with van der Waals surface area (Å²) >= 11 is 0. The van der Waals surface area contributed by atoms with E-state index < -0.39 is 0 Å². The van der Waals surface area contributed by atoms with Crippen molar-refractivity contribution in [2.24, 2.45) is 7.05 Å². The fourth-order valence-electron chi connectivity index (χ4n) is 2.43. The molecular weight excluding hydrogens is 294 g/mol. The predicted octanol–water partition coefficient (Wildman–Crippen LogP) is 0.847. The molecule has 3 rings (SSSR count). The summed E-state index contributed by atoms with van der Waals surface area (Å²) < 4.78 is 7.31. The second kappa shape index (κ2) is 7.10. The Hall–Kier alpha value is -2.32. The van der Waals surface area contributed by atoms with Crippen molar-refractivity contribution >= 4 is 23.1 Å². The first-order valence-corrected chi connectivity index (χ1v) is 6.97. The minimum Gasteiger partial charge on any atom is -1.00 e. The molecule has 1 aromatic heterocycles. The van der Waals surface area contributed by atoms with Crippen molar-refractivity contribution in [3.8, 4) is 5.75 Å². The first-order chi connectivity index (χ1) is 10.3. The lowest BCUT2D eigenvalue weighted by Crippen LogP contribution is -3.00. The lowest BCUT2D eigenvalue weighted by Gasteiger charge is -2.01. The number of rotatable bonds is 3. The monoisotopic (exact) mass is 311 g/mol. The highest BCUT2D eigenvalue weighted by atomic mass is 35.5. The number of para-hydroxylation sites is 1. The minimum atomic E-state index is 0. The number of ether oxygens (including phenoxy) is 1. The van der Waals surface area contributed by atoms with E-state index in [4.69, 9.17) is 4.74 Å². The van der Waals surface area contributed by atoms with Crippen molar-refractivity contribution in [3.63, 3.8) is 0 Å². The summed E-state index contributed by atoms with van der Waals surface area (Å²) in [7, 11) is 3.75. The molecule has 0 bridgehead atoms. The molecule has 2 aromatic carbocycles. The third-order valence-corrected chi connectivity index (χ3v) is 3.64. The normalized spacial score (nSPS) is 10.6. The van der Waals surface area contributed by atoms with Gasteiger partial charge in [-0.05, 0) is 29.3 Å². The van der Waals surface area contributed by atoms with Gasteiger partial charge in [-0.3, -0.25) is 0 Å². The maximum absolute atomic E-state index is 5.18. The summed E-state index contributed by atoms with van der Waals surface area (Å²) in [5.41, 5.74) is 3.61. The average Bonchev–Trinajstić information content (AvgIpc) is 2.55. The lowest BCUT2D eigenvalue weighted by atomic mass is 10.1. The van der Waals surface area contributed by atoms with Gasteiger partial charge >= 0.3 is 0 Å². The Morgan fingerprint density at radius 2 is 1.64 bits per heavy atom. The number of aromatic nitrogens is 1. The number of benzene rings is 2. The number of hydrogen-bond acceptors (Lipinski definition) is 1. The number of aryl methyl sites for hydroxylation is 1. The van der Waals surface area contributed by atoms with Crippen LogP contribution in [0.5, 0.6) is 5.75 Å². The molecule has 0 spiro atoms. The van der Waals surface area contributed by atoms with Gasteiger partial charge < -0.3 is 17.1 Å². The van der Waals surface area contributed by atoms with Gasteiger partial charge in [0.25, 0.3) is 0 Å². The van der Waals surface area contributed by atoms with Crippen LogP contribution in [0.3, 0.4) is 0 Å². The van der Waals surface area contributed by atoms with Gasteiger partial charge in [-0.15, -0.1) is 0 Å². The number of halogens is 1. The van der Waals surface area contributed by atoms with E-state index in [0.29, 0.717) is 0 Å². The first-order valence-electron chi connectivity index (χ1n) is 6.97. The van der Waals surface area contributed by atoms with Crippen LogP contribution >= 0.6 is 0 Å². The highest BCUT2D eigenvalue weighted by Crippen LogP contribution is 2.18. The smallest absolute Gasteiger partial charge is 0.212 e. The molecule has 0 unspecified atom stereocenters. The highest BCUT2D eigenvalue weighted by molar-refractivity contribution is 5.88. The molecular formula is C19H18ClNO. The van der Waals surface area contributed by atoms with Gasteiger partial charge in [0.1, 0.15) is 12.8 Å². The SMILES string of the molecule is COc1ccc(/C=C/c2cc[n+](C)c3ccccc23)cc1.[Cl-]. The van der Waals surface area contributed by atoms with Crippen LogP contribution in [0.25, 0.3) is 23.1 Å². The van der Waals surface area contributed by atoms with Crippen LogP contribution in [0.2, 0.25) is 0 Å². The quantitative estimate of drug-likeness (QED) is 0.654. The summed E-state index contributed by atoms with van der Waals surface area (Å²) in [6.07, 6.45) is 6.38. The van der Waals surface area contributed by atoms with Crippen LogP contribution < -0.4 is 21.7 Å². The summed E-state index contributed by atoms with van der Waals surface area (Å²) in [5, 5.41) is 1.26. The molecule has 0 saturated heterocycles. The summed E-state index contributed by atoms with van der Waals surface area (Å²) in [5.74, 6) is 0.879. The zero-order valence-electron chi connectivity index (χ0n) is 12.7. The molecule has 0 radical (unpaired) electrons. The number of nitrogens with zero attached hydrogens (tertiary/aromatic N) is 1. The van der Waals surface area contributed by atoms with E-state index in [1.807, 2.05) is 12.1 Å². The standard InChI is InChI=1S/C19H18NO.ClH/c1-20-14-13-16(18-5-3-4-6-19(18)20)10-7-15-8-11-17(21-2)12-9-15;/h3-14H,1-2H3;1H/q+1;/p-1/b10-7+;. The third-order valence-electron chi connectivity index (χ3n) is 3.64. The van der Waals surface area contributed by atoms with Crippen LogP contribution in [-0.2, 0) is 7.05 Å². The van der Waals surface area contributed by atoms with Crippen LogP contribution in [0.1, 0.15) is 11.1 Å². The van der Waals surface area contributed by atoms with Gasteiger partial charge in [-0.2, -0.15) is 0 Å². The fraction of sp³-hybridized carbons (Fsp3) is 0.105. The molecule has 0 atom stereocenters. The minimum absolute atomic E-state index is 0. The molecule has 112 valence electrons. The van der Waals surface area contributed by atoms with E-state index in [-0.39, 0.29) is 12.4 Å². The molecule has 0 amide bonds. The largest absolute Gasteiger partial charge is 1.00 e. The van der Waals surface area contributed by atoms with Gasteiger partial charge in [0.15, 0.2) is 6.20 Å². The first kappa shape index (κ1) is 16.1. The molecule has 0 N–H and O–H groups in total. The molecule has 3 aromatic rings. The van der Waals surface area contributed by atoms with Crippen molar-refractivity contribution in [2.75, 3.05) is 7.11 Å². The van der Waals surface area contributed by atoms with Crippen molar-refractivity contribution < 1.29 is 21.7 Å². The van der Waals surface area contributed by atoms with Crippen LogP contribution in [-0.4, -0.2) is 7.11 Å². The van der Waals surface area contributed by atoms with E-state index in [1.54, 1.807) is 7.11 Å². The number of hydrogen-bond donors (Lipinski definition) is 0. The molecule has 2 nitrogen and oxygen atoms in total. The van der Waals surface area contributed by atoms with E-state index in [0.717, 1.165) is 11.3 Å². The van der Waals surface area contributed by atoms with Gasteiger partial charge in [0.05, 0.1) is 12.5 Å². The molecule has 1 heterocycles. The Morgan fingerprint density at radius 1 is 0.909 bits per heavy atom. The van der Waals surface area contributed by atoms with Crippen molar-refractivity contribution in [2.45, 2.75) is 0 Å². The fourth-order valence-corrected chi connectivity index (χ4v) is 2.43. The lowest BCUT2D eigenvalue weighted by molar-refractivity contribution is -0.644. The number of pyridine rings is 1. The van der Waals surface area contributed by atoms with Gasteiger partial charge in [-0.25, -0.2) is 4.57 Å². The van der Waals surface area contributed by atoms with Crippen molar-refractivity contribution in [1.29, 1.82) is 0 Å². The Balaban J connectivity index is 0.00000176. The average molecular weight is 312 g/mol. The molecule has 0 fully saturated rings. The van der Waals surface area contributed by atoms with E-state index in [1.165, 1.54) is 16.5 Å². The maximum Gasteiger partial charge on any atom is 0.212 e. The summed E-state index contributed by atoms with van der Waals surface area (Å²) in [4.78, 5) is 0. The van der Waals surface area contributed by atoms with Crippen molar-refractivity contribution in [1.82, 2.24) is 0 Å². The second-order valence-electron chi connectivity index (χ2n) is 5.01. The zero-order chi connectivity index (χ0) is 14.7. The Morgan fingerprint density at radius 3 is 2.36 bits per heavy atom. The highest BCUT2D eigenvalue weighted by Gasteiger charge is 2.06. The molecule has 22 heavy (non-hydrogen) atoms. The Bertz CT molecular complexity index is 794. The predicted molar refractivity (Wildman–Crippen MR) is 87.0 cm³/mol. The molecule has 3 heteroatoms. The second-order valence-corrected chi connectivity index (χ2v) is 5.01. The zero-order valence-corrected chi connectivity index (χ0v) is 13.4. The number of methoxy groups -OCH3 is 1. The van der Waals surface area contributed by atoms with Crippen molar-refractivity contribution in [3.05, 3.63) is 71.9 Å². The van der Waals surface area contributed by atoms with Gasteiger partial charge in [-0.1, -0.05) is 36.4 Å². The summed E-state index contributed by atoms with van der Waals surface area (Å²) in [6, 6.07) is 18.6. The van der Waals surface area contributed by atoms with E-state index >= 15 is 0 Å². The molecule has 0 aliphatic carbocycles. The van der Waals surface area contributed by atoms with Crippen LogP contribution in [0, 0.1) is 0 Å². The van der Waals surface area contributed by atoms with E-state index in [2.05, 4.69) is 72.4 Å².